The predicted molar refractivity (Wildman–Crippen MR) is 55.5 cm³/mol. The molecule has 0 aliphatic heterocycles. The molecule has 0 aliphatic rings. The maximum Gasteiger partial charge on any atom is 0.358 e. The van der Waals surface area contributed by atoms with Crippen molar-refractivity contribution >= 4 is 11.7 Å². The highest BCUT2D eigenvalue weighted by Crippen LogP contribution is 2.25. The third-order valence-corrected chi connectivity index (χ3v) is 2.16. The fraction of sp³-hybridized carbons (Fsp3) is 0. The van der Waals surface area contributed by atoms with Gasteiger partial charge >= 0.3 is 11.7 Å². The van der Waals surface area contributed by atoms with Gasteiger partial charge in [-0.2, -0.15) is 4.39 Å². The number of hydrogen-bond donors (Lipinski definition) is 1. The molecule has 0 unspecified atom stereocenters. The maximum absolute atomic E-state index is 13.3. The highest BCUT2D eigenvalue weighted by molar-refractivity contribution is 5.86. The molecular weight excluding hydrogens is 247 g/mol. The molecule has 0 amide bonds. The molecule has 1 N–H and O–H groups in total. The molecule has 2 aromatic rings. The Kier molecular flexibility index (Phi) is 2.76. The summed E-state index contributed by atoms with van der Waals surface area (Å²) < 4.78 is 18.0. The van der Waals surface area contributed by atoms with Crippen LogP contribution in [0.2, 0.25) is 0 Å². The van der Waals surface area contributed by atoms with Gasteiger partial charge in [0.2, 0.25) is 5.82 Å². The van der Waals surface area contributed by atoms with Crippen LogP contribution in [-0.2, 0) is 0 Å². The zero-order valence-electron chi connectivity index (χ0n) is 8.66. The number of aromatic nitrogens is 1. The second-order valence-corrected chi connectivity index (χ2v) is 3.30. The second kappa shape index (κ2) is 4.24. The van der Waals surface area contributed by atoms with Gasteiger partial charge in [-0.15, -0.1) is 0 Å². The molecule has 2 rings (SSSR count). The van der Waals surface area contributed by atoms with E-state index in [1.54, 1.807) is 0 Å². The average molecular weight is 252 g/mol. The highest BCUT2D eigenvalue weighted by Gasteiger charge is 2.17. The van der Waals surface area contributed by atoms with E-state index < -0.39 is 22.4 Å². The van der Waals surface area contributed by atoms with Crippen LogP contribution in [0.25, 0.3) is 11.3 Å². The van der Waals surface area contributed by atoms with Crippen molar-refractivity contribution in [2.24, 2.45) is 0 Å². The van der Waals surface area contributed by atoms with Gasteiger partial charge in [0, 0.05) is 17.7 Å². The number of carbonyl (C=O) groups is 1. The van der Waals surface area contributed by atoms with Crippen molar-refractivity contribution < 1.29 is 23.7 Å². The van der Waals surface area contributed by atoms with Crippen molar-refractivity contribution in [3.63, 3.8) is 0 Å². The van der Waals surface area contributed by atoms with Gasteiger partial charge in [-0.1, -0.05) is 5.16 Å². The van der Waals surface area contributed by atoms with Crippen LogP contribution in [0, 0.1) is 15.9 Å². The Bertz CT molecular complexity index is 637. The number of benzene rings is 1. The van der Waals surface area contributed by atoms with Gasteiger partial charge in [0.1, 0.15) is 0 Å². The molecule has 7 nitrogen and oxygen atoms in total. The number of carboxylic acid groups (broad SMARTS) is 1. The minimum absolute atomic E-state index is 0.0150. The molecule has 18 heavy (non-hydrogen) atoms. The molecule has 1 aromatic heterocycles. The maximum atomic E-state index is 13.3. The van der Waals surface area contributed by atoms with Crippen molar-refractivity contribution in [3.8, 4) is 11.3 Å². The van der Waals surface area contributed by atoms with Gasteiger partial charge in [0.15, 0.2) is 11.5 Å². The summed E-state index contributed by atoms with van der Waals surface area (Å²) >= 11 is 0. The van der Waals surface area contributed by atoms with Gasteiger partial charge in [-0.25, -0.2) is 4.79 Å². The van der Waals surface area contributed by atoms with Crippen molar-refractivity contribution in [1.29, 1.82) is 0 Å². The third kappa shape index (κ3) is 2.03. The molecule has 0 atom stereocenters. The summed E-state index contributed by atoms with van der Waals surface area (Å²) in [7, 11) is 0. The molecule has 1 heterocycles. The summed E-state index contributed by atoms with van der Waals surface area (Å²) in [6, 6.07) is 4.19. The monoisotopic (exact) mass is 252 g/mol. The van der Waals surface area contributed by atoms with Gasteiger partial charge < -0.3 is 9.63 Å². The normalized spacial score (nSPS) is 10.3. The fourth-order valence-electron chi connectivity index (χ4n) is 1.32. The summed E-state index contributed by atoms with van der Waals surface area (Å²) in [4.78, 5) is 20.1. The van der Waals surface area contributed by atoms with Crippen molar-refractivity contribution in [2.45, 2.75) is 0 Å². The van der Waals surface area contributed by atoms with E-state index in [1.807, 2.05) is 0 Å². The Balaban J connectivity index is 2.42. The Morgan fingerprint density at radius 2 is 2.17 bits per heavy atom. The van der Waals surface area contributed by atoms with E-state index in [9.17, 15) is 19.3 Å². The first kappa shape index (κ1) is 11.7. The van der Waals surface area contributed by atoms with Gasteiger partial charge in [-0.05, 0) is 12.1 Å². The van der Waals surface area contributed by atoms with E-state index in [0.29, 0.717) is 0 Å². The molecule has 1 aromatic carbocycles. The van der Waals surface area contributed by atoms with Crippen molar-refractivity contribution in [1.82, 2.24) is 5.16 Å². The van der Waals surface area contributed by atoms with Crippen LogP contribution in [0.3, 0.4) is 0 Å². The zero-order chi connectivity index (χ0) is 13.3. The number of aromatic carboxylic acids is 1. The number of rotatable bonds is 3. The van der Waals surface area contributed by atoms with Gasteiger partial charge in [-0.3, -0.25) is 10.1 Å². The Morgan fingerprint density at radius 3 is 2.67 bits per heavy atom. The average Bonchev–Trinajstić information content (AvgIpc) is 2.77. The lowest BCUT2D eigenvalue weighted by atomic mass is 10.1. The van der Waals surface area contributed by atoms with E-state index in [0.717, 1.165) is 18.2 Å². The third-order valence-electron chi connectivity index (χ3n) is 2.16. The van der Waals surface area contributed by atoms with Crippen LogP contribution in [-0.4, -0.2) is 21.2 Å². The zero-order valence-corrected chi connectivity index (χ0v) is 8.66. The van der Waals surface area contributed by atoms with Crippen LogP contribution < -0.4 is 0 Å². The number of nitro benzene ring substituents is 1. The predicted octanol–water partition coefficient (Wildman–Crippen LogP) is 2.09. The van der Waals surface area contributed by atoms with Crippen molar-refractivity contribution in [3.05, 3.63) is 45.9 Å². The highest BCUT2D eigenvalue weighted by atomic mass is 19.1. The van der Waals surface area contributed by atoms with Crippen LogP contribution in [0.4, 0.5) is 10.1 Å². The minimum Gasteiger partial charge on any atom is -0.476 e. The fourth-order valence-corrected chi connectivity index (χ4v) is 1.32. The van der Waals surface area contributed by atoms with E-state index in [-0.39, 0.29) is 17.0 Å². The number of carboxylic acids is 1. The molecule has 0 spiro atoms. The smallest absolute Gasteiger partial charge is 0.358 e. The Labute approximate surface area is 98.6 Å². The Morgan fingerprint density at radius 1 is 1.44 bits per heavy atom. The first-order chi connectivity index (χ1) is 8.49. The minimum atomic E-state index is -1.28. The molecule has 8 heteroatoms. The molecule has 0 aliphatic carbocycles. The molecule has 92 valence electrons. The van der Waals surface area contributed by atoms with Crippen LogP contribution in [0.5, 0.6) is 0 Å². The topological polar surface area (TPSA) is 106 Å². The van der Waals surface area contributed by atoms with Crippen LogP contribution in [0.15, 0.2) is 28.8 Å². The number of nitro groups is 1. The summed E-state index contributed by atoms with van der Waals surface area (Å²) in [6.07, 6.45) is 0. The standard InChI is InChI=1S/C10H5FN2O5/c11-6-3-5(1-2-8(6)13(16)17)9-4-7(10(14)15)12-18-9/h1-4H,(H,14,15). The lowest BCUT2D eigenvalue weighted by Gasteiger charge is -1.96. The van der Waals surface area contributed by atoms with Crippen molar-refractivity contribution in [2.75, 3.05) is 0 Å². The molecule has 0 saturated carbocycles. The van der Waals surface area contributed by atoms with Gasteiger partial charge in [0.05, 0.1) is 4.92 Å². The van der Waals surface area contributed by atoms with Crippen LogP contribution >= 0.6 is 0 Å². The van der Waals surface area contributed by atoms with E-state index in [1.165, 1.54) is 6.07 Å². The van der Waals surface area contributed by atoms with Gasteiger partial charge in [0.25, 0.3) is 0 Å². The molecule has 0 fully saturated rings. The summed E-state index contributed by atoms with van der Waals surface area (Å²) in [5.41, 5.74) is -0.835. The number of hydrogen-bond acceptors (Lipinski definition) is 5. The van der Waals surface area contributed by atoms with Crippen LogP contribution in [0.1, 0.15) is 10.5 Å². The quantitative estimate of drug-likeness (QED) is 0.662. The number of halogens is 1. The summed E-state index contributed by atoms with van der Waals surface area (Å²) in [5, 5.41) is 22.3. The van der Waals surface area contributed by atoms with E-state index >= 15 is 0 Å². The van der Waals surface area contributed by atoms with E-state index in [4.69, 9.17) is 9.63 Å². The molecule has 0 saturated heterocycles. The number of nitrogens with zero attached hydrogens (tertiary/aromatic N) is 2. The Hall–Kier alpha value is -2.77. The summed E-state index contributed by atoms with van der Waals surface area (Å²) in [6.45, 7) is 0. The first-order valence-electron chi connectivity index (χ1n) is 4.63. The van der Waals surface area contributed by atoms with E-state index in [2.05, 4.69) is 5.16 Å². The summed E-state index contributed by atoms with van der Waals surface area (Å²) in [5.74, 6) is -2.31. The second-order valence-electron chi connectivity index (χ2n) is 3.30. The lowest BCUT2D eigenvalue weighted by Crippen LogP contribution is -1.94. The molecule has 0 radical (unpaired) electrons. The SMILES string of the molecule is O=C(O)c1cc(-c2ccc([N+](=O)[O-])c(F)c2)on1. The molecular formula is C10H5FN2O5. The lowest BCUT2D eigenvalue weighted by molar-refractivity contribution is -0.387. The molecule has 0 bridgehead atoms. The largest absolute Gasteiger partial charge is 0.476 e. The first-order valence-corrected chi connectivity index (χ1v) is 4.63.